The number of nitrogens with zero attached hydrogens (tertiary/aromatic N) is 1. The van der Waals surface area contributed by atoms with Crippen LogP contribution in [0.1, 0.15) is 32.2 Å². The van der Waals surface area contributed by atoms with Gasteiger partial charge in [0.15, 0.2) is 0 Å². The Balaban J connectivity index is 0.00000147. The number of carboxylic acids is 1. The number of ketones is 1. The molecule has 0 radical (unpaired) electrons. The van der Waals surface area contributed by atoms with Gasteiger partial charge in [-0.15, -0.1) is 11.3 Å². The number of carboxylic acid groups (broad SMARTS) is 1. The number of aliphatic carboxylic acids is 1. The summed E-state index contributed by atoms with van der Waals surface area (Å²) in [7, 11) is 1.74. The van der Waals surface area contributed by atoms with Crippen molar-refractivity contribution in [3.63, 3.8) is 0 Å². The zero-order valence-corrected chi connectivity index (χ0v) is 14.3. The number of thiophene rings is 1. The average Bonchev–Trinajstić information content (AvgIpc) is 2.89. The molecule has 1 aliphatic rings. The molecule has 0 atom stereocenters. The van der Waals surface area contributed by atoms with E-state index in [-0.39, 0.29) is 41.8 Å². The minimum absolute atomic E-state index is 0. The molecule has 0 spiro atoms. The summed E-state index contributed by atoms with van der Waals surface area (Å²) in [5, 5.41) is 12.7. The minimum Gasteiger partial charge on any atom is -0.550 e. The monoisotopic (exact) mass is 297 g/mol. The molecule has 4 nitrogen and oxygen atoms in total. The van der Waals surface area contributed by atoms with Crippen LogP contribution in [0.2, 0.25) is 0 Å². The van der Waals surface area contributed by atoms with Crippen molar-refractivity contribution in [2.24, 2.45) is 7.05 Å². The zero-order chi connectivity index (χ0) is 13.6. The third-order valence-corrected chi connectivity index (χ3v) is 4.52. The number of carbonyl (C=O) groups excluding carboxylic acids is 2. The topological polar surface area (TPSA) is 62.1 Å². The van der Waals surface area contributed by atoms with E-state index in [0.29, 0.717) is 11.4 Å². The van der Waals surface area contributed by atoms with Crippen molar-refractivity contribution >= 4 is 23.1 Å². The summed E-state index contributed by atoms with van der Waals surface area (Å²) in [6, 6.07) is 3.81. The summed E-state index contributed by atoms with van der Waals surface area (Å²) in [6.45, 7) is 0. The summed E-state index contributed by atoms with van der Waals surface area (Å²) >= 11 is 1.45. The van der Waals surface area contributed by atoms with Gasteiger partial charge >= 0.3 is 29.6 Å². The van der Waals surface area contributed by atoms with Crippen LogP contribution in [0, 0.1) is 0 Å². The van der Waals surface area contributed by atoms with Crippen LogP contribution in [0.4, 0.5) is 0 Å². The average molecular weight is 297 g/mol. The minimum atomic E-state index is -1.12. The molecule has 0 unspecified atom stereocenters. The fourth-order valence-corrected chi connectivity index (χ4v) is 3.53. The van der Waals surface area contributed by atoms with Crippen LogP contribution in [-0.4, -0.2) is 16.3 Å². The molecule has 1 aliphatic carbocycles. The first-order valence-electron chi connectivity index (χ1n) is 6.06. The van der Waals surface area contributed by atoms with Gasteiger partial charge < -0.3 is 14.5 Å². The van der Waals surface area contributed by atoms with Crippen LogP contribution >= 0.6 is 11.3 Å². The number of hydrogen-bond donors (Lipinski definition) is 0. The number of fused-ring (bicyclic) bond motifs is 2. The molecule has 2 aromatic rings. The molecule has 2 aromatic heterocycles. The molecular formula is C14H12NNaO3S. The molecule has 98 valence electrons. The van der Waals surface area contributed by atoms with Crippen LogP contribution in [0.5, 0.6) is 0 Å². The van der Waals surface area contributed by atoms with Crippen molar-refractivity contribution in [2.75, 3.05) is 0 Å². The first kappa shape index (κ1) is 15.5. The maximum atomic E-state index is 12.5. The molecule has 0 N–H and O–H groups in total. The zero-order valence-electron chi connectivity index (χ0n) is 11.4. The van der Waals surface area contributed by atoms with E-state index < -0.39 is 5.97 Å². The van der Waals surface area contributed by atoms with Gasteiger partial charge in [0, 0.05) is 25.1 Å². The SMILES string of the molecule is Cn1c(CC(=O)[O-])cc2c1C(=O)c1sccc1CC2.[Na+]. The molecule has 20 heavy (non-hydrogen) atoms. The summed E-state index contributed by atoms with van der Waals surface area (Å²) in [5.41, 5.74) is 3.27. The third-order valence-electron chi connectivity index (χ3n) is 3.57. The van der Waals surface area contributed by atoms with E-state index in [0.717, 1.165) is 28.8 Å². The van der Waals surface area contributed by atoms with Crippen molar-refractivity contribution in [2.45, 2.75) is 19.3 Å². The van der Waals surface area contributed by atoms with E-state index in [1.165, 1.54) is 11.3 Å². The number of hydrogen-bond acceptors (Lipinski definition) is 4. The Bertz CT molecular complexity index is 687. The van der Waals surface area contributed by atoms with Gasteiger partial charge in [-0.25, -0.2) is 0 Å². The van der Waals surface area contributed by atoms with E-state index >= 15 is 0 Å². The molecule has 0 saturated heterocycles. The van der Waals surface area contributed by atoms with E-state index in [2.05, 4.69) is 0 Å². The van der Waals surface area contributed by atoms with E-state index in [1.807, 2.05) is 17.5 Å². The smallest absolute Gasteiger partial charge is 0.550 e. The maximum Gasteiger partial charge on any atom is 1.00 e. The Morgan fingerprint density at radius 1 is 1.40 bits per heavy atom. The third kappa shape index (κ3) is 2.51. The summed E-state index contributed by atoms with van der Waals surface area (Å²) in [5.74, 6) is -1.12. The van der Waals surface area contributed by atoms with Crippen molar-refractivity contribution in [1.82, 2.24) is 4.57 Å². The largest absolute Gasteiger partial charge is 1.00 e. The van der Waals surface area contributed by atoms with E-state index in [1.54, 1.807) is 11.6 Å². The number of aromatic nitrogens is 1. The predicted octanol–water partition coefficient (Wildman–Crippen LogP) is -2.29. The summed E-state index contributed by atoms with van der Waals surface area (Å²) in [6.07, 6.45) is 1.44. The van der Waals surface area contributed by atoms with Gasteiger partial charge in [-0.05, 0) is 41.5 Å². The Hall–Kier alpha value is -0.880. The van der Waals surface area contributed by atoms with Crippen molar-refractivity contribution in [3.05, 3.63) is 44.9 Å². The van der Waals surface area contributed by atoms with Gasteiger partial charge in [0.25, 0.3) is 0 Å². The molecular weight excluding hydrogens is 285 g/mol. The van der Waals surface area contributed by atoms with Crippen molar-refractivity contribution in [3.8, 4) is 0 Å². The van der Waals surface area contributed by atoms with Gasteiger partial charge in [0.2, 0.25) is 5.78 Å². The quantitative estimate of drug-likeness (QED) is 0.586. The van der Waals surface area contributed by atoms with Gasteiger partial charge in [-0.1, -0.05) is 0 Å². The summed E-state index contributed by atoms with van der Waals surface area (Å²) in [4.78, 5) is 24.0. The molecule has 2 heterocycles. The molecule has 0 fully saturated rings. The van der Waals surface area contributed by atoms with Crippen LogP contribution < -0.4 is 34.7 Å². The standard InChI is InChI=1S/C14H13NO3S.Na/c1-15-10(7-11(16)17)6-9-3-2-8-4-5-19-14(8)13(18)12(9)15;/h4-6H,2-3,7H2,1H3,(H,16,17);/q;+1/p-1. The number of rotatable bonds is 2. The van der Waals surface area contributed by atoms with Crippen molar-refractivity contribution < 1.29 is 44.3 Å². The van der Waals surface area contributed by atoms with Crippen LogP contribution in [0.25, 0.3) is 0 Å². The Labute approximate surface area is 142 Å². The number of carbonyl (C=O) groups is 2. The van der Waals surface area contributed by atoms with Crippen LogP contribution in [0.3, 0.4) is 0 Å². The summed E-state index contributed by atoms with van der Waals surface area (Å²) < 4.78 is 1.70. The maximum absolute atomic E-state index is 12.5. The number of aryl methyl sites for hydroxylation is 2. The molecule has 0 aliphatic heterocycles. The normalized spacial score (nSPS) is 13.2. The molecule has 3 rings (SSSR count). The Kier molecular flexibility index (Phi) is 4.54. The fourth-order valence-electron chi connectivity index (χ4n) is 2.64. The van der Waals surface area contributed by atoms with Gasteiger partial charge in [0.1, 0.15) is 0 Å². The molecule has 0 amide bonds. The van der Waals surface area contributed by atoms with Gasteiger partial charge in [-0.3, -0.25) is 4.79 Å². The van der Waals surface area contributed by atoms with Gasteiger partial charge in [0.05, 0.1) is 10.6 Å². The second-order valence-corrected chi connectivity index (χ2v) is 5.64. The molecule has 0 saturated carbocycles. The van der Waals surface area contributed by atoms with Gasteiger partial charge in [-0.2, -0.15) is 0 Å². The Morgan fingerprint density at radius 3 is 2.80 bits per heavy atom. The first-order chi connectivity index (χ1) is 9.08. The van der Waals surface area contributed by atoms with Crippen LogP contribution in [0.15, 0.2) is 17.5 Å². The predicted molar refractivity (Wildman–Crippen MR) is 69.3 cm³/mol. The van der Waals surface area contributed by atoms with E-state index in [9.17, 15) is 14.7 Å². The van der Waals surface area contributed by atoms with E-state index in [4.69, 9.17) is 0 Å². The first-order valence-corrected chi connectivity index (χ1v) is 6.94. The molecule has 0 bridgehead atoms. The van der Waals surface area contributed by atoms with Crippen LogP contribution in [-0.2, 0) is 31.1 Å². The molecule has 6 heteroatoms. The fraction of sp³-hybridized carbons (Fsp3) is 0.286. The second-order valence-electron chi connectivity index (χ2n) is 4.72. The molecule has 0 aromatic carbocycles. The Morgan fingerprint density at radius 2 is 2.10 bits per heavy atom. The second kappa shape index (κ2) is 5.85. The van der Waals surface area contributed by atoms with Crippen molar-refractivity contribution in [1.29, 1.82) is 0 Å².